The molecular weight excluding hydrogens is 350 g/mol. The van der Waals surface area contributed by atoms with Crippen LogP contribution in [0.3, 0.4) is 0 Å². The quantitative estimate of drug-likeness (QED) is 0.403. The first-order chi connectivity index (χ1) is 13.0. The molecule has 9 heteroatoms. The van der Waals surface area contributed by atoms with Crippen molar-refractivity contribution in [3.8, 4) is 23.3 Å². The van der Waals surface area contributed by atoms with Gasteiger partial charge < -0.3 is 20.3 Å². The number of nitro groups is 1. The summed E-state index contributed by atoms with van der Waals surface area (Å²) in [6, 6.07) is 11.3. The predicted molar refractivity (Wildman–Crippen MR) is 96.3 cm³/mol. The lowest BCUT2D eigenvalue weighted by atomic mass is 9.96. The Hall–Kier alpha value is -4.50. The average molecular weight is 359 g/mol. The molecule has 27 heavy (non-hydrogen) atoms. The first-order valence-electron chi connectivity index (χ1n) is 7.58. The number of nitrogen functional groups attached to an aromatic ring is 2. The lowest BCUT2D eigenvalue weighted by molar-refractivity contribution is -0.384. The molecule has 0 aliphatic heterocycles. The largest absolute Gasteiger partial charge is 0.439 e. The third-order valence-corrected chi connectivity index (χ3v) is 4.26. The normalized spacial score (nSPS) is 10.7. The number of furan rings is 2. The van der Waals surface area contributed by atoms with Crippen LogP contribution in [0.25, 0.3) is 33.1 Å². The van der Waals surface area contributed by atoms with Crippen molar-refractivity contribution in [3.05, 3.63) is 51.6 Å². The van der Waals surface area contributed by atoms with E-state index >= 15 is 0 Å². The highest BCUT2D eigenvalue weighted by atomic mass is 16.6. The molecule has 9 nitrogen and oxygen atoms in total. The van der Waals surface area contributed by atoms with E-state index in [1.54, 1.807) is 6.07 Å². The van der Waals surface area contributed by atoms with E-state index in [1.165, 1.54) is 24.3 Å². The number of hydrogen-bond donors (Lipinski definition) is 2. The van der Waals surface area contributed by atoms with Gasteiger partial charge in [-0.3, -0.25) is 10.1 Å². The molecule has 2 heterocycles. The van der Waals surface area contributed by atoms with Gasteiger partial charge in [0.2, 0.25) is 11.8 Å². The zero-order valence-electron chi connectivity index (χ0n) is 13.5. The highest BCUT2D eigenvalue weighted by Crippen LogP contribution is 2.44. The number of nitriles is 2. The van der Waals surface area contributed by atoms with Crippen molar-refractivity contribution in [1.82, 2.24) is 0 Å². The standard InChI is InChI=1S/C18H9N5O4/c19-6-11-10-5-13-15(12(7-20)18(22)26-13)14(16(10)27-17(11)21)8-2-1-3-9(4-8)23(24)25/h1-5H,21-22H2. The van der Waals surface area contributed by atoms with Crippen LogP contribution in [0.15, 0.2) is 39.2 Å². The van der Waals surface area contributed by atoms with Crippen molar-refractivity contribution in [2.24, 2.45) is 0 Å². The summed E-state index contributed by atoms with van der Waals surface area (Å²) in [6.45, 7) is 0. The highest BCUT2D eigenvalue weighted by molar-refractivity contribution is 6.14. The SMILES string of the molecule is N#Cc1c(N)oc2c(-c3cccc([N+](=O)[O-])c3)c3c(C#N)c(N)oc3cc12. The number of non-ortho nitro benzene ring substituents is 1. The lowest BCUT2D eigenvalue weighted by Crippen LogP contribution is -1.90. The Bertz CT molecular complexity index is 1350. The van der Waals surface area contributed by atoms with Crippen LogP contribution in [-0.2, 0) is 0 Å². The molecule has 0 bridgehead atoms. The van der Waals surface area contributed by atoms with Crippen LogP contribution in [0.5, 0.6) is 0 Å². The molecule has 0 aliphatic carbocycles. The number of hydrogen-bond acceptors (Lipinski definition) is 8. The van der Waals surface area contributed by atoms with Crippen LogP contribution in [0.4, 0.5) is 17.5 Å². The van der Waals surface area contributed by atoms with Crippen LogP contribution < -0.4 is 11.5 Å². The summed E-state index contributed by atoms with van der Waals surface area (Å²) in [4.78, 5) is 10.6. The number of nitro benzene ring substituents is 1. The smallest absolute Gasteiger partial charge is 0.270 e. The molecule has 0 radical (unpaired) electrons. The van der Waals surface area contributed by atoms with Crippen LogP contribution in [0.1, 0.15) is 11.1 Å². The predicted octanol–water partition coefficient (Wildman–Crippen LogP) is 3.66. The van der Waals surface area contributed by atoms with Crippen LogP contribution >= 0.6 is 0 Å². The summed E-state index contributed by atoms with van der Waals surface area (Å²) in [7, 11) is 0. The van der Waals surface area contributed by atoms with Crippen molar-refractivity contribution in [2.75, 3.05) is 11.5 Å². The van der Waals surface area contributed by atoms with E-state index in [-0.39, 0.29) is 39.7 Å². The minimum atomic E-state index is -0.535. The third-order valence-electron chi connectivity index (χ3n) is 4.26. The summed E-state index contributed by atoms with van der Waals surface area (Å²) in [5.41, 5.74) is 12.8. The van der Waals surface area contributed by atoms with E-state index in [0.29, 0.717) is 21.9 Å². The van der Waals surface area contributed by atoms with E-state index in [1.807, 2.05) is 12.1 Å². The number of fused-ring (bicyclic) bond motifs is 2. The maximum Gasteiger partial charge on any atom is 0.270 e. The highest BCUT2D eigenvalue weighted by Gasteiger charge is 2.25. The Kier molecular flexibility index (Phi) is 3.26. The monoisotopic (exact) mass is 359 g/mol. The van der Waals surface area contributed by atoms with Crippen LogP contribution in [0.2, 0.25) is 0 Å². The van der Waals surface area contributed by atoms with Crippen molar-refractivity contribution in [2.45, 2.75) is 0 Å². The molecule has 2 aromatic carbocycles. The number of rotatable bonds is 2. The average Bonchev–Trinajstić information content (AvgIpc) is 3.13. The summed E-state index contributed by atoms with van der Waals surface area (Å²) in [5, 5.41) is 30.7. The molecule has 0 saturated heterocycles. The number of benzene rings is 2. The number of anilines is 2. The molecule has 0 atom stereocenters. The Morgan fingerprint density at radius 2 is 1.74 bits per heavy atom. The summed E-state index contributed by atoms with van der Waals surface area (Å²) in [6.07, 6.45) is 0. The van der Waals surface area contributed by atoms with Crippen LogP contribution in [-0.4, -0.2) is 4.92 Å². The van der Waals surface area contributed by atoms with Crippen LogP contribution in [0, 0.1) is 32.8 Å². The second kappa shape index (κ2) is 5.51. The first-order valence-corrected chi connectivity index (χ1v) is 7.58. The second-order valence-electron chi connectivity index (χ2n) is 5.72. The van der Waals surface area contributed by atoms with Gasteiger partial charge in [0.25, 0.3) is 5.69 Å². The Morgan fingerprint density at radius 3 is 2.41 bits per heavy atom. The fourth-order valence-electron chi connectivity index (χ4n) is 3.12. The molecule has 0 saturated carbocycles. The van der Waals surface area contributed by atoms with E-state index in [4.69, 9.17) is 20.3 Å². The van der Waals surface area contributed by atoms with E-state index in [0.717, 1.165) is 0 Å². The van der Waals surface area contributed by atoms with Crippen molar-refractivity contribution in [3.63, 3.8) is 0 Å². The Labute approximate surface area is 150 Å². The lowest BCUT2D eigenvalue weighted by Gasteiger charge is -2.05. The fraction of sp³-hybridized carbons (Fsp3) is 0. The molecule has 2 aromatic heterocycles. The molecular formula is C18H9N5O4. The molecule has 0 fully saturated rings. The zero-order chi connectivity index (χ0) is 19.3. The number of nitrogens with zero attached hydrogens (tertiary/aromatic N) is 3. The van der Waals surface area contributed by atoms with Gasteiger partial charge in [0.15, 0.2) is 0 Å². The van der Waals surface area contributed by atoms with Gasteiger partial charge in [0.05, 0.1) is 10.3 Å². The van der Waals surface area contributed by atoms with E-state index in [9.17, 15) is 20.6 Å². The van der Waals surface area contributed by atoms with E-state index in [2.05, 4.69) is 0 Å². The molecule has 0 aliphatic rings. The third kappa shape index (κ3) is 2.16. The van der Waals surface area contributed by atoms with Crippen molar-refractivity contribution < 1.29 is 13.8 Å². The van der Waals surface area contributed by atoms with Gasteiger partial charge >= 0.3 is 0 Å². The maximum atomic E-state index is 11.2. The molecule has 0 spiro atoms. The fourth-order valence-corrected chi connectivity index (χ4v) is 3.12. The minimum absolute atomic E-state index is 0.0712. The summed E-state index contributed by atoms with van der Waals surface area (Å²) >= 11 is 0. The van der Waals surface area contributed by atoms with Gasteiger partial charge in [-0.05, 0) is 11.6 Å². The summed E-state index contributed by atoms with van der Waals surface area (Å²) in [5.74, 6) is -0.198. The van der Waals surface area contributed by atoms with Gasteiger partial charge in [-0.1, -0.05) is 12.1 Å². The Balaban J connectivity index is 2.25. The molecule has 130 valence electrons. The molecule has 4 N–H and O–H groups in total. The van der Waals surface area contributed by atoms with Gasteiger partial charge in [-0.2, -0.15) is 10.5 Å². The molecule has 4 aromatic rings. The maximum absolute atomic E-state index is 11.2. The molecule has 4 rings (SSSR count). The van der Waals surface area contributed by atoms with Crippen molar-refractivity contribution in [1.29, 1.82) is 10.5 Å². The molecule has 0 unspecified atom stereocenters. The van der Waals surface area contributed by atoms with Crippen molar-refractivity contribution >= 4 is 39.4 Å². The molecule has 0 amide bonds. The van der Waals surface area contributed by atoms with Gasteiger partial charge in [0, 0.05) is 23.1 Å². The zero-order valence-corrected chi connectivity index (χ0v) is 13.5. The topological polar surface area (TPSA) is 169 Å². The Morgan fingerprint density at radius 1 is 1.04 bits per heavy atom. The summed E-state index contributed by atoms with van der Waals surface area (Å²) < 4.78 is 11.1. The minimum Gasteiger partial charge on any atom is -0.439 e. The first kappa shape index (κ1) is 16.0. The second-order valence-corrected chi connectivity index (χ2v) is 5.72. The van der Waals surface area contributed by atoms with Gasteiger partial charge in [0.1, 0.15) is 34.4 Å². The van der Waals surface area contributed by atoms with Gasteiger partial charge in [-0.25, -0.2) is 0 Å². The number of nitrogens with two attached hydrogens (primary N) is 2. The van der Waals surface area contributed by atoms with E-state index < -0.39 is 4.92 Å². The van der Waals surface area contributed by atoms with Gasteiger partial charge in [-0.15, -0.1) is 0 Å².